The second-order valence-electron chi connectivity index (χ2n) is 6.38. The van der Waals surface area contributed by atoms with Crippen LogP contribution in [0.3, 0.4) is 0 Å². The van der Waals surface area contributed by atoms with Crippen LogP contribution in [-0.2, 0) is 11.3 Å². The predicted octanol–water partition coefficient (Wildman–Crippen LogP) is 0.409. The highest BCUT2D eigenvalue weighted by atomic mass is 35.5. The Kier molecular flexibility index (Phi) is 5.04. The molecule has 0 amide bonds. The third-order valence-electron chi connectivity index (χ3n) is 4.67. The first-order chi connectivity index (χ1) is 13.5. The molecule has 0 radical (unpaired) electrons. The molecule has 0 saturated carbocycles. The van der Waals surface area contributed by atoms with Crippen molar-refractivity contribution in [3.8, 4) is 5.75 Å². The number of fused-ring (bicyclic) bond motifs is 1. The minimum Gasteiger partial charge on any atom is -0.506 e. The van der Waals surface area contributed by atoms with E-state index < -0.39 is 31.1 Å². The van der Waals surface area contributed by atoms with Crippen molar-refractivity contribution in [1.82, 2.24) is 19.5 Å². The van der Waals surface area contributed by atoms with Crippen LogP contribution in [0, 0.1) is 0 Å². The van der Waals surface area contributed by atoms with Gasteiger partial charge in [-0.2, -0.15) is 0 Å². The molecule has 2 aromatic heterocycles. The van der Waals surface area contributed by atoms with Crippen LogP contribution in [0.2, 0.25) is 5.02 Å². The van der Waals surface area contributed by atoms with Crippen molar-refractivity contribution in [2.45, 2.75) is 31.1 Å². The number of rotatable bonds is 5. The zero-order chi connectivity index (χ0) is 19.8. The second-order valence-corrected chi connectivity index (χ2v) is 6.78. The van der Waals surface area contributed by atoms with E-state index >= 15 is 0 Å². The van der Waals surface area contributed by atoms with Crippen LogP contribution in [0.25, 0.3) is 11.2 Å². The van der Waals surface area contributed by atoms with Gasteiger partial charge in [-0.25, -0.2) is 15.0 Å². The molecule has 1 saturated heterocycles. The fourth-order valence-electron chi connectivity index (χ4n) is 3.16. The molecule has 0 spiro atoms. The lowest BCUT2D eigenvalue weighted by molar-refractivity contribution is -0.0511. The molecule has 10 nitrogen and oxygen atoms in total. The number of aromatic hydroxyl groups is 1. The molecule has 28 heavy (non-hydrogen) atoms. The van der Waals surface area contributed by atoms with E-state index in [0.29, 0.717) is 22.5 Å². The maximum atomic E-state index is 10.2. The molecule has 0 aliphatic carbocycles. The Morgan fingerprint density at radius 3 is 2.75 bits per heavy atom. The lowest BCUT2D eigenvalue weighted by Crippen LogP contribution is -2.33. The van der Waals surface area contributed by atoms with E-state index in [1.807, 2.05) is 0 Å². The van der Waals surface area contributed by atoms with Crippen molar-refractivity contribution in [1.29, 1.82) is 0 Å². The first-order valence-corrected chi connectivity index (χ1v) is 8.89. The molecule has 0 bridgehead atoms. The van der Waals surface area contributed by atoms with E-state index in [2.05, 4.69) is 20.3 Å². The molecule has 4 rings (SSSR count). The van der Waals surface area contributed by atoms with Gasteiger partial charge in [0.1, 0.15) is 30.4 Å². The number of aliphatic hydroxyl groups excluding tert-OH is 3. The Bertz CT molecular complexity index is 999. The Morgan fingerprint density at radius 2 is 2.00 bits per heavy atom. The van der Waals surface area contributed by atoms with Crippen LogP contribution >= 0.6 is 11.6 Å². The molecule has 3 aromatic rings. The Balaban J connectivity index is 1.61. The standard InChI is InChI=1S/C17H18ClN5O5/c18-9-3-1-2-8(12(9)25)4-19-15-11-16(21-6-20-15)23(7-22-11)17-14(27)13(26)10(5-24)28-17/h1-3,6-7,10,13-14,17,24-27H,4-5H2,(H,19,20,21)/t10-,13-,14+,17?/m1/s1. The lowest BCUT2D eigenvalue weighted by atomic mass is 10.1. The largest absolute Gasteiger partial charge is 0.506 e. The van der Waals surface area contributed by atoms with Crippen LogP contribution < -0.4 is 5.32 Å². The van der Waals surface area contributed by atoms with Gasteiger partial charge in [-0.15, -0.1) is 0 Å². The quantitative estimate of drug-likeness (QED) is 0.405. The van der Waals surface area contributed by atoms with E-state index in [-0.39, 0.29) is 17.3 Å². The zero-order valence-electron chi connectivity index (χ0n) is 14.5. The van der Waals surface area contributed by atoms with E-state index in [1.165, 1.54) is 17.2 Å². The van der Waals surface area contributed by atoms with Gasteiger partial charge in [0, 0.05) is 12.1 Å². The van der Waals surface area contributed by atoms with Gasteiger partial charge in [0.25, 0.3) is 0 Å². The number of aromatic nitrogens is 4. The van der Waals surface area contributed by atoms with Gasteiger partial charge in [0.15, 0.2) is 23.2 Å². The topological polar surface area (TPSA) is 146 Å². The average molecular weight is 408 g/mol. The van der Waals surface area contributed by atoms with E-state index in [9.17, 15) is 20.4 Å². The minimum atomic E-state index is -1.25. The number of hydrogen-bond acceptors (Lipinski definition) is 9. The third kappa shape index (κ3) is 3.15. The van der Waals surface area contributed by atoms with Gasteiger partial charge in [0.2, 0.25) is 0 Å². The van der Waals surface area contributed by atoms with E-state index in [4.69, 9.17) is 16.3 Å². The van der Waals surface area contributed by atoms with Crippen LogP contribution in [0.15, 0.2) is 30.9 Å². The molecule has 1 aromatic carbocycles. The fraction of sp³-hybridized carbons (Fsp3) is 0.353. The molecule has 1 aliphatic rings. The van der Waals surface area contributed by atoms with Gasteiger partial charge >= 0.3 is 0 Å². The fourth-order valence-corrected chi connectivity index (χ4v) is 3.35. The van der Waals surface area contributed by atoms with E-state index in [0.717, 1.165) is 0 Å². The Morgan fingerprint density at radius 1 is 1.18 bits per heavy atom. The normalized spacial score (nSPS) is 24.7. The number of anilines is 1. The van der Waals surface area contributed by atoms with Crippen molar-refractivity contribution >= 4 is 28.6 Å². The lowest BCUT2D eigenvalue weighted by Gasteiger charge is -2.16. The molecule has 11 heteroatoms. The first-order valence-electron chi connectivity index (χ1n) is 8.51. The molecular weight excluding hydrogens is 390 g/mol. The SMILES string of the molecule is OC[C@H]1OC(n2cnc3c(NCc4cccc(Cl)c4O)ncnc32)[C@@H](O)[C@@H]1O. The number of benzene rings is 1. The van der Waals surface area contributed by atoms with Gasteiger partial charge in [-0.05, 0) is 6.07 Å². The summed E-state index contributed by atoms with van der Waals surface area (Å²) in [7, 11) is 0. The zero-order valence-corrected chi connectivity index (χ0v) is 15.2. The molecule has 1 aliphatic heterocycles. The summed E-state index contributed by atoms with van der Waals surface area (Å²) in [5, 5.41) is 42.8. The number of halogens is 1. The minimum absolute atomic E-state index is 0.0148. The number of imidazole rings is 1. The van der Waals surface area contributed by atoms with Crippen molar-refractivity contribution in [3.05, 3.63) is 41.4 Å². The number of phenols is 1. The summed E-state index contributed by atoms with van der Waals surface area (Å²) in [6.07, 6.45) is -1.58. The van der Waals surface area contributed by atoms with Crippen molar-refractivity contribution in [2.75, 3.05) is 11.9 Å². The third-order valence-corrected chi connectivity index (χ3v) is 4.97. The summed E-state index contributed by atoms with van der Waals surface area (Å²) in [6.45, 7) is -0.175. The maximum Gasteiger partial charge on any atom is 0.167 e. The van der Waals surface area contributed by atoms with Crippen LogP contribution in [0.4, 0.5) is 5.82 Å². The van der Waals surface area contributed by atoms with Crippen molar-refractivity contribution < 1.29 is 25.2 Å². The van der Waals surface area contributed by atoms with Crippen molar-refractivity contribution in [2.24, 2.45) is 0 Å². The summed E-state index contributed by atoms with van der Waals surface area (Å²) >= 11 is 5.92. The highest BCUT2D eigenvalue weighted by Gasteiger charge is 2.44. The van der Waals surface area contributed by atoms with Crippen molar-refractivity contribution in [3.63, 3.8) is 0 Å². The summed E-state index contributed by atoms with van der Waals surface area (Å²) in [5.74, 6) is 0.397. The smallest absolute Gasteiger partial charge is 0.167 e. The number of phenolic OH excluding ortho intramolecular Hbond substituents is 1. The summed E-state index contributed by atoms with van der Waals surface area (Å²) in [4.78, 5) is 12.6. The molecule has 1 unspecified atom stereocenters. The number of nitrogens with zero attached hydrogens (tertiary/aromatic N) is 4. The van der Waals surface area contributed by atoms with Crippen LogP contribution in [0.1, 0.15) is 11.8 Å². The predicted molar refractivity (Wildman–Crippen MR) is 98.8 cm³/mol. The molecule has 148 valence electrons. The molecular formula is C17H18ClN5O5. The number of para-hydroxylation sites is 1. The number of hydrogen-bond donors (Lipinski definition) is 5. The number of ether oxygens (including phenoxy) is 1. The van der Waals surface area contributed by atoms with Crippen LogP contribution in [0.5, 0.6) is 5.75 Å². The summed E-state index contributed by atoms with van der Waals surface area (Å²) in [5.41, 5.74) is 1.38. The average Bonchev–Trinajstić information content (AvgIpc) is 3.25. The van der Waals surface area contributed by atoms with Gasteiger partial charge < -0.3 is 30.5 Å². The highest BCUT2D eigenvalue weighted by Crippen LogP contribution is 2.32. The highest BCUT2D eigenvalue weighted by molar-refractivity contribution is 6.32. The Labute approximate surface area is 164 Å². The molecule has 3 heterocycles. The monoisotopic (exact) mass is 407 g/mol. The number of nitrogens with one attached hydrogen (secondary N) is 1. The molecule has 1 fully saturated rings. The first kappa shape index (κ1) is 18.8. The van der Waals surface area contributed by atoms with E-state index in [1.54, 1.807) is 18.2 Å². The number of aliphatic hydroxyl groups is 3. The summed E-state index contributed by atoms with van der Waals surface area (Å²) in [6, 6.07) is 5.04. The van der Waals surface area contributed by atoms with Gasteiger partial charge in [0.05, 0.1) is 18.0 Å². The van der Waals surface area contributed by atoms with Gasteiger partial charge in [-0.3, -0.25) is 4.57 Å². The molecule has 5 N–H and O–H groups in total. The summed E-state index contributed by atoms with van der Waals surface area (Å²) < 4.78 is 7.00. The Hall–Kier alpha value is -2.50. The maximum absolute atomic E-state index is 10.2. The van der Waals surface area contributed by atoms with Gasteiger partial charge in [-0.1, -0.05) is 23.7 Å². The van der Waals surface area contributed by atoms with Crippen LogP contribution in [-0.4, -0.2) is 64.9 Å². The molecule has 4 atom stereocenters. The second kappa shape index (κ2) is 7.49.